The molecule has 0 aliphatic carbocycles. The molecule has 116 valence electrons. The number of anilines is 1. The van der Waals surface area contributed by atoms with Crippen LogP contribution in [0.15, 0.2) is 41.3 Å². The van der Waals surface area contributed by atoms with Crippen molar-refractivity contribution in [3.05, 3.63) is 52.5 Å². The Morgan fingerprint density at radius 1 is 1.32 bits per heavy atom. The van der Waals surface area contributed by atoms with Crippen molar-refractivity contribution in [2.45, 2.75) is 11.8 Å². The first-order chi connectivity index (χ1) is 10.4. The maximum absolute atomic E-state index is 12.3. The van der Waals surface area contributed by atoms with Crippen LogP contribution in [-0.2, 0) is 15.7 Å². The Kier molecular flexibility index (Phi) is 5.05. The van der Waals surface area contributed by atoms with Gasteiger partial charge in [-0.3, -0.25) is 0 Å². The molecule has 0 bridgehead atoms. The predicted octanol–water partition coefficient (Wildman–Crippen LogP) is 3.28. The van der Waals surface area contributed by atoms with E-state index in [2.05, 4.69) is 9.46 Å². The van der Waals surface area contributed by atoms with Crippen LogP contribution >= 0.6 is 11.6 Å². The Bertz CT molecular complexity index is 748. The molecular formula is C15H14ClNO4S. The van der Waals surface area contributed by atoms with Crippen molar-refractivity contribution in [3.8, 4) is 5.75 Å². The van der Waals surface area contributed by atoms with Crippen molar-refractivity contribution in [2.24, 2.45) is 0 Å². The fourth-order valence-corrected chi connectivity index (χ4v) is 3.10. The van der Waals surface area contributed by atoms with Crippen molar-refractivity contribution < 1.29 is 18.8 Å². The Hall–Kier alpha value is -2.05. The van der Waals surface area contributed by atoms with Gasteiger partial charge in [0.2, 0.25) is 0 Å². The van der Waals surface area contributed by atoms with Crippen LogP contribution in [0.1, 0.15) is 15.9 Å². The summed E-state index contributed by atoms with van der Waals surface area (Å²) >= 11 is 6.00. The summed E-state index contributed by atoms with van der Waals surface area (Å²) in [5.74, 6) is -0.896. The Morgan fingerprint density at radius 3 is 2.68 bits per heavy atom. The molecule has 0 aromatic heterocycles. The molecule has 0 saturated carbocycles. The maximum Gasteiger partial charge on any atom is 0.341 e. The number of esters is 1. The second-order valence-corrected chi connectivity index (χ2v) is 6.05. The second-order valence-electron chi connectivity index (χ2n) is 4.46. The highest BCUT2D eigenvalue weighted by molar-refractivity contribution is 7.86. The van der Waals surface area contributed by atoms with Gasteiger partial charge in [0.25, 0.3) is 0 Å². The minimum atomic E-state index is -1.55. The Morgan fingerprint density at radius 2 is 2.05 bits per heavy atom. The van der Waals surface area contributed by atoms with Gasteiger partial charge in [0.1, 0.15) is 11.3 Å². The largest absolute Gasteiger partial charge is 0.507 e. The van der Waals surface area contributed by atoms with E-state index in [1.54, 1.807) is 25.1 Å². The summed E-state index contributed by atoms with van der Waals surface area (Å²) in [4.78, 5) is 11.9. The van der Waals surface area contributed by atoms with E-state index in [9.17, 15) is 14.1 Å². The van der Waals surface area contributed by atoms with Gasteiger partial charge in [0.05, 0.1) is 17.7 Å². The number of ether oxygens (including phenoxy) is 1. The van der Waals surface area contributed by atoms with Gasteiger partial charge in [-0.2, -0.15) is 0 Å². The lowest BCUT2D eigenvalue weighted by Crippen LogP contribution is -2.07. The smallest absolute Gasteiger partial charge is 0.341 e. The molecular weight excluding hydrogens is 326 g/mol. The average molecular weight is 340 g/mol. The first-order valence-electron chi connectivity index (χ1n) is 6.29. The van der Waals surface area contributed by atoms with Crippen LogP contribution in [-0.4, -0.2) is 22.4 Å². The number of methoxy groups -OCH3 is 1. The molecule has 1 unspecified atom stereocenters. The van der Waals surface area contributed by atoms with Gasteiger partial charge in [0, 0.05) is 11.1 Å². The van der Waals surface area contributed by atoms with Crippen LogP contribution in [0.4, 0.5) is 5.69 Å². The number of rotatable bonds is 4. The number of benzene rings is 2. The van der Waals surface area contributed by atoms with Crippen molar-refractivity contribution in [3.63, 3.8) is 0 Å². The van der Waals surface area contributed by atoms with Crippen LogP contribution in [0.25, 0.3) is 0 Å². The van der Waals surface area contributed by atoms with Gasteiger partial charge in [0.15, 0.2) is 11.0 Å². The molecule has 0 saturated heterocycles. The van der Waals surface area contributed by atoms with Crippen molar-refractivity contribution in [1.29, 1.82) is 0 Å². The van der Waals surface area contributed by atoms with Crippen LogP contribution in [0.5, 0.6) is 5.75 Å². The number of nitrogens with one attached hydrogen (secondary N) is 1. The van der Waals surface area contributed by atoms with Gasteiger partial charge in [-0.15, -0.1) is 0 Å². The molecule has 2 rings (SSSR count). The minimum absolute atomic E-state index is 0.0396. The van der Waals surface area contributed by atoms with Gasteiger partial charge >= 0.3 is 5.97 Å². The van der Waals surface area contributed by atoms with Gasteiger partial charge in [-0.05, 0) is 36.8 Å². The number of carbonyl (C=O) groups excluding carboxylic acids is 1. The summed E-state index contributed by atoms with van der Waals surface area (Å²) in [7, 11) is -0.318. The number of hydrogen-bond acceptors (Lipinski definition) is 4. The number of hydrogen-bond donors (Lipinski definition) is 2. The van der Waals surface area contributed by atoms with Crippen molar-refractivity contribution in [2.75, 3.05) is 11.8 Å². The molecule has 2 aromatic carbocycles. The van der Waals surface area contributed by atoms with E-state index in [-0.39, 0.29) is 11.3 Å². The molecule has 0 aliphatic heterocycles. The fraction of sp³-hybridized carbons (Fsp3) is 0.133. The second kappa shape index (κ2) is 6.81. The van der Waals surface area contributed by atoms with Crippen LogP contribution in [0.2, 0.25) is 5.02 Å². The summed E-state index contributed by atoms with van der Waals surface area (Å²) in [5.41, 5.74) is 1.16. The normalized spacial score (nSPS) is 11.8. The lowest BCUT2D eigenvalue weighted by Gasteiger charge is -2.10. The molecule has 0 amide bonds. The number of carbonyl (C=O) groups is 1. The first kappa shape index (κ1) is 16.3. The van der Waals surface area contributed by atoms with Crippen LogP contribution < -0.4 is 4.72 Å². The molecule has 0 fully saturated rings. The van der Waals surface area contributed by atoms with Crippen LogP contribution in [0, 0.1) is 6.92 Å². The van der Waals surface area contributed by atoms with Gasteiger partial charge in [-0.25, -0.2) is 9.00 Å². The SMILES string of the molecule is COC(=O)c1ccc(NS(=O)c2cccc(Cl)c2C)cc1O. The summed E-state index contributed by atoms with van der Waals surface area (Å²) in [6.07, 6.45) is 0. The molecule has 0 heterocycles. The minimum Gasteiger partial charge on any atom is -0.507 e. The average Bonchev–Trinajstić information content (AvgIpc) is 2.49. The van der Waals surface area contributed by atoms with Gasteiger partial charge in [-0.1, -0.05) is 17.7 Å². The summed E-state index contributed by atoms with van der Waals surface area (Å²) in [6, 6.07) is 9.36. The molecule has 0 spiro atoms. The third-order valence-corrected chi connectivity index (χ3v) is 4.70. The maximum atomic E-state index is 12.3. The lowest BCUT2D eigenvalue weighted by atomic mass is 10.2. The predicted molar refractivity (Wildman–Crippen MR) is 85.7 cm³/mol. The van der Waals surface area contributed by atoms with E-state index in [0.717, 1.165) is 0 Å². The van der Waals surface area contributed by atoms with E-state index >= 15 is 0 Å². The number of halogens is 1. The third-order valence-electron chi connectivity index (χ3n) is 3.03. The van der Waals surface area contributed by atoms with Gasteiger partial charge < -0.3 is 14.6 Å². The lowest BCUT2D eigenvalue weighted by molar-refractivity contribution is 0.0597. The quantitative estimate of drug-likeness (QED) is 0.838. The molecule has 1 atom stereocenters. The molecule has 7 heteroatoms. The first-order valence-corrected chi connectivity index (χ1v) is 7.81. The highest BCUT2D eigenvalue weighted by atomic mass is 35.5. The van der Waals surface area contributed by atoms with E-state index in [1.807, 2.05) is 0 Å². The zero-order valence-corrected chi connectivity index (χ0v) is 13.5. The third kappa shape index (κ3) is 3.40. The molecule has 0 radical (unpaired) electrons. The summed E-state index contributed by atoms with van der Waals surface area (Å²) in [5, 5.41) is 10.3. The number of phenols is 1. The van der Waals surface area contributed by atoms with E-state index in [1.165, 1.54) is 25.3 Å². The molecule has 2 N–H and O–H groups in total. The number of phenolic OH excluding ortho intramolecular Hbond substituents is 1. The van der Waals surface area contributed by atoms with E-state index in [4.69, 9.17) is 11.6 Å². The monoisotopic (exact) mass is 339 g/mol. The van der Waals surface area contributed by atoms with Crippen LogP contribution in [0.3, 0.4) is 0 Å². The Balaban J connectivity index is 2.24. The summed E-state index contributed by atoms with van der Waals surface area (Å²) < 4.78 is 19.6. The molecule has 2 aromatic rings. The molecule has 5 nitrogen and oxygen atoms in total. The topological polar surface area (TPSA) is 75.6 Å². The fourth-order valence-electron chi connectivity index (χ4n) is 1.83. The molecule has 0 aliphatic rings. The summed E-state index contributed by atoms with van der Waals surface area (Å²) in [6.45, 7) is 1.77. The standard InChI is InChI=1S/C15H14ClNO4S/c1-9-12(16)4-3-5-14(9)22(20)17-10-6-7-11(13(18)8-10)15(19)21-2/h3-8,17-18H,1-2H3. The zero-order valence-electron chi connectivity index (χ0n) is 11.9. The van der Waals surface area contributed by atoms with E-state index < -0.39 is 17.0 Å². The van der Waals surface area contributed by atoms with Crippen molar-refractivity contribution in [1.82, 2.24) is 0 Å². The van der Waals surface area contributed by atoms with Crippen molar-refractivity contribution >= 4 is 34.2 Å². The Labute approximate surface area is 135 Å². The molecule has 22 heavy (non-hydrogen) atoms. The van der Waals surface area contributed by atoms with E-state index in [0.29, 0.717) is 21.2 Å². The number of aromatic hydroxyl groups is 1. The highest BCUT2D eigenvalue weighted by Gasteiger charge is 2.14. The highest BCUT2D eigenvalue weighted by Crippen LogP contribution is 2.26. The zero-order chi connectivity index (χ0) is 16.3.